The van der Waals surface area contributed by atoms with Crippen LogP contribution in [0.2, 0.25) is 0 Å². The van der Waals surface area contributed by atoms with E-state index in [4.69, 9.17) is 11.6 Å². The van der Waals surface area contributed by atoms with Crippen LogP contribution in [0.15, 0.2) is 48.5 Å². The quantitative estimate of drug-likeness (QED) is 0.748. The first-order valence-corrected chi connectivity index (χ1v) is 7.06. The zero-order chi connectivity index (χ0) is 13.5. The summed E-state index contributed by atoms with van der Waals surface area (Å²) < 4.78 is 0. The summed E-state index contributed by atoms with van der Waals surface area (Å²) in [5.74, 6) is 0.638. The molecule has 0 bridgehead atoms. The zero-order valence-corrected chi connectivity index (χ0v) is 12.0. The number of rotatable bonds is 6. The van der Waals surface area contributed by atoms with Crippen molar-refractivity contribution in [1.29, 1.82) is 0 Å². The van der Waals surface area contributed by atoms with Crippen molar-refractivity contribution in [2.45, 2.75) is 20.0 Å². The van der Waals surface area contributed by atoms with E-state index in [1.165, 1.54) is 5.56 Å². The third-order valence-electron chi connectivity index (χ3n) is 2.98. The van der Waals surface area contributed by atoms with Crippen LogP contribution < -0.4 is 0 Å². The molecule has 0 radical (unpaired) electrons. The average molecular weight is 275 g/mol. The molecule has 0 aliphatic carbocycles. The fraction of sp³-hybridized carbons (Fsp3) is 0.312. The van der Waals surface area contributed by atoms with E-state index in [9.17, 15) is 0 Å². The Balaban J connectivity index is 2.04. The van der Waals surface area contributed by atoms with E-state index >= 15 is 0 Å². The number of hydrogen-bond donors (Lipinski definition) is 0. The topological polar surface area (TPSA) is 16.1 Å². The molecule has 100 valence electrons. The van der Waals surface area contributed by atoms with Crippen LogP contribution in [-0.2, 0) is 13.1 Å². The summed E-state index contributed by atoms with van der Waals surface area (Å²) in [6, 6.07) is 16.6. The molecule has 0 fully saturated rings. The Labute approximate surface area is 120 Å². The molecule has 0 amide bonds. The van der Waals surface area contributed by atoms with Crippen LogP contribution in [0.4, 0.5) is 0 Å². The van der Waals surface area contributed by atoms with Gasteiger partial charge in [-0.15, -0.1) is 11.6 Å². The lowest BCUT2D eigenvalue weighted by Gasteiger charge is -2.21. The zero-order valence-electron chi connectivity index (χ0n) is 11.2. The molecule has 0 aliphatic rings. The van der Waals surface area contributed by atoms with Crippen molar-refractivity contribution < 1.29 is 0 Å². The van der Waals surface area contributed by atoms with E-state index in [-0.39, 0.29) is 0 Å². The van der Waals surface area contributed by atoms with Crippen LogP contribution in [0, 0.1) is 6.92 Å². The van der Waals surface area contributed by atoms with Crippen molar-refractivity contribution in [1.82, 2.24) is 9.88 Å². The average Bonchev–Trinajstić information content (AvgIpc) is 2.40. The molecule has 0 aliphatic heterocycles. The Morgan fingerprint density at radius 3 is 2.47 bits per heavy atom. The number of aryl methyl sites for hydroxylation is 1. The lowest BCUT2D eigenvalue weighted by Crippen LogP contribution is -2.25. The highest BCUT2D eigenvalue weighted by Gasteiger charge is 2.07. The predicted molar refractivity (Wildman–Crippen MR) is 80.3 cm³/mol. The van der Waals surface area contributed by atoms with E-state index in [1.807, 2.05) is 19.1 Å². The molecule has 0 saturated heterocycles. The molecule has 1 aromatic carbocycles. The molecule has 0 spiro atoms. The van der Waals surface area contributed by atoms with Gasteiger partial charge in [-0.3, -0.25) is 9.88 Å². The Kier molecular flexibility index (Phi) is 5.37. The summed E-state index contributed by atoms with van der Waals surface area (Å²) >= 11 is 5.90. The van der Waals surface area contributed by atoms with Crippen LogP contribution in [0.5, 0.6) is 0 Å². The molecule has 3 heteroatoms. The molecular formula is C16H19ClN2. The van der Waals surface area contributed by atoms with Crippen LogP contribution in [0.3, 0.4) is 0 Å². The fourth-order valence-corrected chi connectivity index (χ4v) is 2.33. The Hall–Kier alpha value is -1.38. The number of aromatic nitrogens is 1. The first-order valence-electron chi connectivity index (χ1n) is 6.52. The highest BCUT2D eigenvalue weighted by Crippen LogP contribution is 2.09. The summed E-state index contributed by atoms with van der Waals surface area (Å²) in [6.07, 6.45) is 0. The maximum Gasteiger partial charge on any atom is 0.0547 e. The summed E-state index contributed by atoms with van der Waals surface area (Å²) in [7, 11) is 0. The Bertz CT molecular complexity index is 499. The Morgan fingerprint density at radius 1 is 1.00 bits per heavy atom. The molecule has 1 heterocycles. The van der Waals surface area contributed by atoms with Gasteiger partial charge in [-0.1, -0.05) is 36.4 Å². The van der Waals surface area contributed by atoms with Crippen molar-refractivity contribution in [2.24, 2.45) is 0 Å². The van der Waals surface area contributed by atoms with E-state index in [0.717, 1.165) is 31.0 Å². The lowest BCUT2D eigenvalue weighted by molar-refractivity contribution is 0.269. The highest BCUT2D eigenvalue weighted by atomic mass is 35.5. The number of benzene rings is 1. The van der Waals surface area contributed by atoms with E-state index in [0.29, 0.717) is 5.88 Å². The van der Waals surface area contributed by atoms with Gasteiger partial charge in [0.1, 0.15) is 0 Å². The van der Waals surface area contributed by atoms with E-state index in [1.54, 1.807) is 0 Å². The SMILES string of the molecule is Cc1cccc(CN(CCCl)Cc2ccccc2)n1. The van der Waals surface area contributed by atoms with E-state index in [2.05, 4.69) is 46.3 Å². The van der Waals surface area contributed by atoms with Crippen molar-refractivity contribution in [3.05, 3.63) is 65.5 Å². The standard InChI is InChI=1S/C16H19ClN2/c1-14-6-5-9-16(18-14)13-19(11-10-17)12-15-7-3-2-4-8-15/h2-9H,10-13H2,1H3. The number of nitrogens with zero attached hydrogens (tertiary/aromatic N) is 2. The van der Waals surface area contributed by atoms with E-state index < -0.39 is 0 Å². The van der Waals surface area contributed by atoms with Gasteiger partial charge in [0.2, 0.25) is 0 Å². The van der Waals surface area contributed by atoms with Gasteiger partial charge >= 0.3 is 0 Å². The molecule has 0 N–H and O–H groups in total. The maximum atomic E-state index is 5.90. The molecule has 2 rings (SSSR count). The van der Waals surface area contributed by atoms with Crippen molar-refractivity contribution in [2.75, 3.05) is 12.4 Å². The number of hydrogen-bond acceptors (Lipinski definition) is 2. The number of pyridine rings is 1. The molecule has 19 heavy (non-hydrogen) atoms. The van der Waals surface area contributed by atoms with Gasteiger partial charge in [-0.2, -0.15) is 0 Å². The second-order valence-corrected chi connectivity index (χ2v) is 5.03. The third-order valence-corrected chi connectivity index (χ3v) is 3.15. The molecule has 2 aromatic rings. The fourth-order valence-electron chi connectivity index (χ4n) is 2.09. The largest absolute Gasteiger partial charge is 0.292 e. The minimum atomic E-state index is 0.638. The molecular weight excluding hydrogens is 256 g/mol. The predicted octanol–water partition coefficient (Wildman–Crippen LogP) is 3.63. The lowest BCUT2D eigenvalue weighted by atomic mass is 10.2. The highest BCUT2D eigenvalue weighted by molar-refractivity contribution is 6.18. The smallest absolute Gasteiger partial charge is 0.0547 e. The summed E-state index contributed by atoms with van der Waals surface area (Å²) in [5, 5.41) is 0. The molecule has 0 unspecified atom stereocenters. The van der Waals surface area contributed by atoms with Gasteiger partial charge < -0.3 is 0 Å². The minimum absolute atomic E-state index is 0.638. The van der Waals surface area contributed by atoms with Gasteiger partial charge in [0.25, 0.3) is 0 Å². The molecule has 0 atom stereocenters. The van der Waals surface area contributed by atoms with Crippen LogP contribution in [0.1, 0.15) is 17.0 Å². The van der Waals surface area contributed by atoms with Crippen LogP contribution >= 0.6 is 11.6 Å². The minimum Gasteiger partial charge on any atom is -0.292 e. The van der Waals surface area contributed by atoms with Crippen molar-refractivity contribution in [3.63, 3.8) is 0 Å². The molecule has 2 nitrogen and oxygen atoms in total. The first kappa shape index (κ1) is 14.0. The van der Waals surface area contributed by atoms with Gasteiger partial charge in [0, 0.05) is 31.2 Å². The van der Waals surface area contributed by atoms with Crippen LogP contribution in [0.25, 0.3) is 0 Å². The summed E-state index contributed by atoms with van der Waals surface area (Å²) in [5.41, 5.74) is 3.46. The monoisotopic (exact) mass is 274 g/mol. The van der Waals surface area contributed by atoms with Gasteiger partial charge in [-0.05, 0) is 24.6 Å². The second kappa shape index (κ2) is 7.27. The van der Waals surface area contributed by atoms with Crippen molar-refractivity contribution >= 4 is 11.6 Å². The maximum absolute atomic E-state index is 5.90. The number of halogens is 1. The van der Waals surface area contributed by atoms with Gasteiger partial charge in [0.05, 0.1) is 5.69 Å². The van der Waals surface area contributed by atoms with Gasteiger partial charge in [0.15, 0.2) is 0 Å². The van der Waals surface area contributed by atoms with Gasteiger partial charge in [-0.25, -0.2) is 0 Å². The third kappa shape index (κ3) is 4.66. The van der Waals surface area contributed by atoms with Crippen molar-refractivity contribution in [3.8, 4) is 0 Å². The Morgan fingerprint density at radius 2 is 1.79 bits per heavy atom. The summed E-state index contributed by atoms with van der Waals surface area (Å²) in [4.78, 5) is 6.88. The molecule has 1 aromatic heterocycles. The second-order valence-electron chi connectivity index (χ2n) is 4.66. The normalized spacial score (nSPS) is 10.9. The molecule has 0 saturated carbocycles. The van der Waals surface area contributed by atoms with Crippen LogP contribution in [-0.4, -0.2) is 22.3 Å². The number of alkyl halides is 1. The summed E-state index contributed by atoms with van der Waals surface area (Å²) in [6.45, 7) is 4.63. The first-order chi connectivity index (χ1) is 9.28.